The summed E-state index contributed by atoms with van der Waals surface area (Å²) in [7, 11) is 0. The summed E-state index contributed by atoms with van der Waals surface area (Å²) in [4.78, 5) is 12.4. The molecule has 0 bridgehead atoms. The number of carbonyl (C=O) groups excluding carboxylic acids is 1. The summed E-state index contributed by atoms with van der Waals surface area (Å²) < 4.78 is 5.50. The van der Waals surface area contributed by atoms with Crippen molar-refractivity contribution >= 4 is 17.4 Å². The Morgan fingerprint density at radius 3 is 2.50 bits per heavy atom. The van der Waals surface area contributed by atoms with Crippen molar-refractivity contribution in [2.24, 2.45) is 0 Å². The highest BCUT2D eigenvalue weighted by atomic mass is 35.5. The Labute approximate surface area is 124 Å². The molecule has 0 atom stereocenters. The number of rotatable bonds is 5. The molecule has 20 heavy (non-hydrogen) atoms. The molecule has 0 radical (unpaired) electrons. The summed E-state index contributed by atoms with van der Waals surface area (Å²) in [5.74, 6) is 0.708. The van der Waals surface area contributed by atoms with E-state index in [4.69, 9.17) is 16.3 Å². The number of ether oxygens (including phenoxy) is 1. The Morgan fingerprint density at radius 1 is 1.15 bits per heavy atom. The lowest BCUT2D eigenvalue weighted by molar-refractivity contribution is 0.103. The molecule has 104 valence electrons. The van der Waals surface area contributed by atoms with Crippen LogP contribution < -0.4 is 4.74 Å². The van der Waals surface area contributed by atoms with Crippen LogP contribution in [0.15, 0.2) is 42.5 Å². The normalized spacial score (nSPS) is 10.3. The summed E-state index contributed by atoms with van der Waals surface area (Å²) in [6, 6.07) is 12.6. The Bertz CT molecular complexity index is 603. The molecule has 0 aliphatic rings. The molecule has 0 spiro atoms. The monoisotopic (exact) mass is 288 g/mol. The highest BCUT2D eigenvalue weighted by Crippen LogP contribution is 2.24. The number of benzene rings is 2. The van der Waals surface area contributed by atoms with Crippen molar-refractivity contribution in [3.8, 4) is 5.75 Å². The SMILES string of the molecule is CCCOc1ccc(C(=O)c2cccc(C)c2Cl)cc1. The van der Waals surface area contributed by atoms with Crippen molar-refractivity contribution in [1.29, 1.82) is 0 Å². The van der Waals surface area contributed by atoms with Crippen molar-refractivity contribution < 1.29 is 9.53 Å². The lowest BCUT2D eigenvalue weighted by atomic mass is 10.0. The zero-order chi connectivity index (χ0) is 14.5. The van der Waals surface area contributed by atoms with Gasteiger partial charge in [0.15, 0.2) is 5.78 Å². The zero-order valence-corrected chi connectivity index (χ0v) is 12.4. The van der Waals surface area contributed by atoms with E-state index in [0.29, 0.717) is 22.8 Å². The van der Waals surface area contributed by atoms with Crippen LogP contribution in [0.25, 0.3) is 0 Å². The van der Waals surface area contributed by atoms with E-state index in [0.717, 1.165) is 17.7 Å². The van der Waals surface area contributed by atoms with Gasteiger partial charge in [-0.2, -0.15) is 0 Å². The van der Waals surface area contributed by atoms with E-state index in [-0.39, 0.29) is 5.78 Å². The fourth-order valence-electron chi connectivity index (χ4n) is 1.90. The molecule has 3 heteroatoms. The predicted octanol–water partition coefficient (Wildman–Crippen LogP) is 4.67. The van der Waals surface area contributed by atoms with Crippen LogP contribution in [0.1, 0.15) is 34.8 Å². The number of halogens is 1. The van der Waals surface area contributed by atoms with Crippen LogP contribution in [0.3, 0.4) is 0 Å². The van der Waals surface area contributed by atoms with Crippen LogP contribution in [-0.4, -0.2) is 12.4 Å². The Hall–Kier alpha value is -1.80. The smallest absolute Gasteiger partial charge is 0.194 e. The fourth-order valence-corrected chi connectivity index (χ4v) is 2.11. The van der Waals surface area contributed by atoms with E-state index < -0.39 is 0 Å². The molecular formula is C17H17ClO2. The second kappa shape index (κ2) is 6.58. The molecule has 0 amide bonds. The molecule has 0 aromatic heterocycles. The molecule has 0 saturated heterocycles. The van der Waals surface area contributed by atoms with E-state index in [1.165, 1.54) is 0 Å². The van der Waals surface area contributed by atoms with Gasteiger partial charge in [0, 0.05) is 11.1 Å². The van der Waals surface area contributed by atoms with Crippen molar-refractivity contribution in [3.05, 3.63) is 64.2 Å². The van der Waals surface area contributed by atoms with Crippen molar-refractivity contribution in [2.45, 2.75) is 20.3 Å². The second-order valence-corrected chi connectivity index (χ2v) is 5.02. The third-order valence-electron chi connectivity index (χ3n) is 3.03. The first-order valence-corrected chi connectivity index (χ1v) is 7.04. The van der Waals surface area contributed by atoms with Gasteiger partial charge in [-0.25, -0.2) is 0 Å². The summed E-state index contributed by atoms with van der Waals surface area (Å²) >= 11 is 6.19. The molecule has 0 aliphatic heterocycles. The highest BCUT2D eigenvalue weighted by Gasteiger charge is 2.13. The van der Waals surface area contributed by atoms with E-state index >= 15 is 0 Å². The van der Waals surface area contributed by atoms with Gasteiger partial charge in [-0.05, 0) is 49.2 Å². The van der Waals surface area contributed by atoms with Crippen molar-refractivity contribution in [2.75, 3.05) is 6.61 Å². The number of carbonyl (C=O) groups is 1. The summed E-state index contributed by atoms with van der Waals surface area (Å²) in [5.41, 5.74) is 2.05. The Morgan fingerprint density at radius 2 is 1.85 bits per heavy atom. The molecule has 0 unspecified atom stereocenters. The van der Waals surface area contributed by atoms with Gasteiger partial charge in [0.05, 0.1) is 11.6 Å². The molecule has 2 aromatic rings. The van der Waals surface area contributed by atoms with Gasteiger partial charge in [0.1, 0.15) is 5.75 Å². The molecule has 0 fully saturated rings. The van der Waals surface area contributed by atoms with E-state index in [2.05, 4.69) is 6.92 Å². The van der Waals surface area contributed by atoms with Crippen LogP contribution in [-0.2, 0) is 0 Å². The summed E-state index contributed by atoms with van der Waals surface area (Å²) in [6.45, 7) is 4.62. The van der Waals surface area contributed by atoms with Gasteiger partial charge in [-0.3, -0.25) is 4.79 Å². The molecule has 2 nitrogen and oxygen atoms in total. The first-order valence-electron chi connectivity index (χ1n) is 6.66. The standard InChI is InChI=1S/C17H17ClO2/c1-3-11-20-14-9-7-13(8-10-14)17(19)15-6-4-5-12(2)16(15)18/h4-10H,3,11H2,1-2H3. The van der Waals surface area contributed by atoms with Gasteiger partial charge in [0.2, 0.25) is 0 Å². The maximum Gasteiger partial charge on any atom is 0.194 e. The van der Waals surface area contributed by atoms with E-state index in [1.807, 2.05) is 31.2 Å². The topological polar surface area (TPSA) is 26.3 Å². The number of ketones is 1. The predicted molar refractivity (Wildman–Crippen MR) is 81.8 cm³/mol. The Kier molecular flexibility index (Phi) is 4.80. The minimum absolute atomic E-state index is 0.0688. The first kappa shape index (κ1) is 14.6. The van der Waals surface area contributed by atoms with Crippen molar-refractivity contribution in [1.82, 2.24) is 0 Å². The average Bonchev–Trinajstić information content (AvgIpc) is 2.48. The van der Waals surface area contributed by atoms with Gasteiger partial charge in [-0.1, -0.05) is 30.7 Å². The van der Waals surface area contributed by atoms with E-state index in [1.54, 1.807) is 18.2 Å². The minimum Gasteiger partial charge on any atom is -0.494 e. The molecule has 0 N–H and O–H groups in total. The van der Waals surface area contributed by atoms with Gasteiger partial charge in [-0.15, -0.1) is 0 Å². The van der Waals surface area contributed by atoms with E-state index in [9.17, 15) is 4.79 Å². The molecule has 0 aliphatic carbocycles. The maximum atomic E-state index is 12.4. The van der Waals surface area contributed by atoms with Crippen LogP contribution >= 0.6 is 11.6 Å². The summed E-state index contributed by atoms with van der Waals surface area (Å²) in [6.07, 6.45) is 0.958. The number of hydrogen-bond acceptors (Lipinski definition) is 2. The van der Waals surface area contributed by atoms with Crippen LogP contribution in [0.2, 0.25) is 5.02 Å². The lowest BCUT2D eigenvalue weighted by Gasteiger charge is -2.08. The number of hydrogen-bond donors (Lipinski definition) is 0. The quantitative estimate of drug-likeness (QED) is 0.748. The fraction of sp³-hybridized carbons (Fsp3) is 0.235. The van der Waals surface area contributed by atoms with Gasteiger partial charge < -0.3 is 4.74 Å². The van der Waals surface area contributed by atoms with Crippen LogP contribution in [0.4, 0.5) is 0 Å². The first-order chi connectivity index (χ1) is 9.63. The average molecular weight is 289 g/mol. The van der Waals surface area contributed by atoms with Gasteiger partial charge >= 0.3 is 0 Å². The largest absolute Gasteiger partial charge is 0.494 e. The van der Waals surface area contributed by atoms with Crippen molar-refractivity contribution in [3.63, 3.8) is 0 Å². The lowest BCUT2D eigenvalue weighted by Crippen LogP contribution is -2.03. The third kappa shape index (κ3) is 3.20. The molecular weight excluding hydrogens is 272 g/mol. The minimum atomic E-state index is -0.0688. The Balaban J connectivity index is 2.23. The third-order valence-corrected chi connectivity index (χ3v) is 3.53. The molecule has 0 saturated carbocycles. The molecule has 0 heterocycles. The summed E-state index contributed by atoms with van der Waals surface area (Å²) in [5, 5.41) is 0.517. The van der Waals surface area contributed by atoms with Crippen LogP contribution in [0.5, 0.6) is 5.75 Å². The highest BCUT2D eigenvalue weighted by molar-refractivity contribution is 6.35. The molecule has 2 rings (SSSR count). The molecule has 2 aromatic carbocycles. The van der Waals surface area contributed by atoms with Crippen LogP contribution in [0, 0.1) is 6.92 Å². The maximum absolute atomic E-state index is 12.4. The second-order valence-electron chi connectivity index (χ2n) is 4.64. The van der Waals surface area contributed by atoms with Gasteiger partial charge in [0.25, 0.3) is 0 Å². The zero-order valence-electron chi connectivity index (χ0n) is 11.7. The number of aryl methyl sites for hydroxylation is 1.